The number of primary amides is 1. The Labute approximate surface area is 276 Å². The van der Waals surface area contributed by atoms with E-state index in [0.717, 1.165) is 0 Å². The summed E-state index contributed by atoms with van der Waals surface area (Å²) in [4.78, 5) is 83.5. The molecule has 0 saturated carbocycles. The summed E-state index contributed by atoms with van der Waals surface area (Å²) in [6.45, 7) is 3.44. The number of urea groups is 1. The van der Waals surface area contributed by atoms with Gasteiger partial charge in [-0.1, -0.05) is 26.0 Å². The first-order valence-corrected chi connectivity index (χ1v) is 15.0. The fraction of sp³-hybridized carbons (Fsp3) is 0.419. The Balaban J connectivity index is 1.99. The number of nitrogens with one attached hydrogen (secondary N) is 4. The fourth-order valence-electron chi connectivity index (χ4n) is 4.14. The molecule has 2 atom stereocenters. The van der Waals surface area contributed by atoms with E-state index in [2.05, 4.69) is 26.0 Å². The SMILES string of the molecule is COC(=O)CCCC(=O)NC(C(=O)N[C@@H](CCCNC(N)=O)C(=O)Nc1ccc(COC(=O)Oc2ccc([N+](=O)[O-])cc2)cc1)C(C)C. The molecule has 2 rings (SSSR count). The number of benzene rings is 2. The molecule has 0 spiro atoms. The first kappa shape index (κ1) is 38.4. The lowest BCUT2D eigenvalue weighted by molar-refractivity contribution is -0.384. The lowest BCUT2D eigenvalue weighted by atomic mass is 10.0. The highest BCUT2D eigenvalue weighted by molar-refractivity contribution is 5.98. The second kappa shape index (κ2) is 19.7. The molecule has 6 N–H and O–H groups in total. The first-order chi connectivity index (χ1) is 22.8. The number of methoxy groups -OCH3 is 1. The molecule has 0 aliphatic carbocycles. The lowest BCUT2D eigenvalue weighted by Crippen LogP contribution is -2.54. The van der Waals surface area contributed by atoms with Crippen LogP contribution < -0.4 is 31.7 Å². The van der Waals surface area contributed by atoms with E-state index in [0.29, 0.717) is 17.7 Å². The van der Waals surface area contributed by atoms with Crippen molar-refractivity contribution in [2.45, 2.75) is 64.6 Å². The molecule has 0 aliphatic rings. The molecule has 0 heterocycles. The minimum atomic E-state index is -1.05. The summed E-state index contributed by atoms with van der Waals surface area (Å²) < 4.78 is 14.6. The third-order valence-electron chi connectivity index (χ3n) is 6.71. The molecule has 2 aromatic carbocycles. The smallest absolute Gasteiger partial charge is 0.469 e. The van der Waals surface area contributed by atoms with Gasteiger partial charge < -0.3 is 41.2 Å². The number of amides is 5. The van der Waals surface area contributed by atoms with Gasteiger partial charge in [-0.05, 0) is 55.0 Å². The number of nitro benzene ring substituents is 1. The van der Waals surface area contributed by atoms with E-state index in [1.165, 1.54) is 31.4 Å². The second-order valence-corrected chi connectivity index (χ2v) is 10.8. The number of nitro groups is 1. The number of carbonyl (C=O) groups is 6. The highest BCUT2D eigenvalue weighted by Gasteiger charge is 2.29. The minimum absolute atomic E-state index is 0.00366. The van der Waals surface area contributed by atoms with Gasteiger partial charge in [0, 0.05) is 37.2 Å². The number of anilines is 1. The first-order valence-electron chi connectivity index (χ1n) is 15.0. The molecular weight excluding hydrogens is 632 g/mol. The molecule has 1 unspecified atom stereocenters. The van der Waals surface area contributed by atoms with E-state index in [1.54, 1.807) is 38.1 Å². The Morgan fingerprint density at radius 3 is 2.15 bits per heavy atom. The molecule has 0 aliphatic heterocycles. The van der Waals surface area contributed by atoms with E-state index in [1.807, 2.05) is 0 Å². The maximum absolute atomic E-state index is 13.3. The van der Waals surface area contributed by atoms with Gasteiger partial charge in [0.15, 0.2) is 0 Å². The van der Waals surface area contributed by atoms with Gasteiger partial charge >= 0.3 is 18.2 Å². The normalized spacial score (nSPS) is 11.8. The van der Waals surface area contributed by atoms with Crippen molar-refractivity contribution in [3.05, 3.63) is 64.2 Å². The van der Waals surface area contributed by atoms with Crippen LogP contribution in [0.2, 0.25) is 0 Å². The minimum Gasteiger partial charge on any atom is -0.469 e. The summed E-state index contributed by atoms with van der Waals surface area (Å²) in [5.41, 5.74) is 5.87. The molecular formula is C31H40N6O11. The maximum atomic E-state index is 13.3. The summed E-state index contributed by atoms with van der Waals surface area (Å²) in [6.07, 6.45) is -0.327. The molecule has 0 fully saturated rings. The summed E-state index contributed by atoms with van der Waals surface area (Å²) in [6, 6.07) is 8.40. The molecule has 0 saturated heterocycles. The Bertz CT molecular complexity index is 1430. The average molecular weight is 673 g/mol. The van der Waals surface area contributed by atoms with Gasteiger partial charge in [0.05, 0.1) is 12.0 Å². The average Bonchev–Trinajstić information content (AvgIpc) is 3.04. The Morgan fingerprint density at radius 1 is 0.896 bits per heavy atom. The number of hydrogen-bond donors (Lipinski definition) is 5. The van der Waals surface area contributed by atoms with Crippen molar-refractivity contribution in [1.82, 2.24) is 16.0 Å². The lowest BCUT2D eigenvalue weighted by Gasteiger charge is -2.25. The van der Waals surface area contributed by atoms with Crippen molar-refractivity contribution < 1.29 is 47.9 Å². The van der Waals surface area contributed by atoms with Gasteiger partial charge in [-0.2, -0.15) is 0 Å². The van der Waals surface area contributed by atoms with E-state index in [-0.39, 0.29) is 56.2 Å². The van der Waals surface area contributed by atoms with Crippen LogP contribution in [0.4, 0.5) is 21.0 Å². The highest BCUT2D eigenvalue weighted by atomic mass is 16.7. The predicted octanol–water partition coefficient (Wildman–Crippen LogP) is 2.67. The van der Waals surface area contributed by atoms with Crippen LogP contribution in [-0.2, 0) is 35.3 Å². The third kappa shape index (κ3) is 14.1. The summed E-state index contributed by atoms with van der Waals surface area (Å²) in [7, 11) is 1.25. The summed E-state index contributed by atoms with van der Waals surface area (Å²) in [5, 5.41) is 21.2. The number of esters is 1. The van der Waals surface area contributed by atoms with Crippen molar-refractivity contribution in [2.24, 2.45) is 11.7 Å². The zero-order valence-corrected chi connectivity index (χ0v) is 26.8. The quantitative estimate of drug-likeness (QED) is 0.0506. The zero-order valence-electron chi connectivity index (χ0n) is 26.8. The Kier molecular flexibility index (Phi) is 15.8. The summed E-state index contributed by atoms with van der Waals surface area (Å²) in [5.74, 6) is -2.33. The molecule has 0 radical (unpaired) electrons. The van der Waals surface area contributed by atoms with E-state index in [9.17, 15) is 38.9 Å². The van der Waals surface area contributed by atoms with Crippen LogP contribution in [0.5, 0.6) is 5.75 Å². The van der Waals surface area contributed by atoms with E-state index in [4.69, 9.17) is 15.2 Å². The van der Waals surface area contributed by atoms with Crippen LogP contribution in [0.1, 0.15) is 51.5 Å². The summed E-state index contributed by atoms with van der Waals surface area (Å²) >= 11 is 0. The van der Waals surface area contributed by atoms with Crippen molar-refractivity contribution in [1.29, 1.82) is 0 Å². The molecule has 2 aromatic rings. The van der Waals surface area contributed by atoms with E-state index >= 15 is 0 Å². The molecule has 5 amide bonds. The molecule has 48 heavy (non-hydrogen) atoms. The predicted molar refractivity (Wildman–Crippen MR) is 170 cm³/mol. The van der Waals surface area contributed by atoms with Gasteiger partial charge in [0.1, 0.15) is 24.4 Å². The Hall–Kier alpha value is -5.74. The van der Waals surface area contributed by atoms with Crippen LogP contribution in [-0.4, -0.2) is 66.5 Å². The number of ether oxygens (including phenoxy) is 3. The molecule has 0 bridgehead atoms. The third-order valence-corrected chi connectivity index (χ3v) is 6.71. The molecule has 260 valence electrons. The van der Waals surface area contributed by atoms with Crippen molar-refractivity contribution >= 4 is 47.3 Å². The van der Waals surface area contributed by atoms with Gasteiger partial charge in [0.2, 0.25) is 17.7 Å². The number of hydrogen-bond acceptors (Lipinski definition) is 11. The number of rotatable bonds is 18. The van der Waals surface area contributed by atoms with Crippen molar-refractivity contribution in [3.63, 3.8) is 0 Å². The monoisotopic (exact) mass is 672 g/mol. The van der Waals surface area contributed by atoms with Crippen LogP contribution in [0.15, 0.2) is 48.5 Å². The number of nitrogens with two attached hydrogens (primary N) is 1. The van der Waals surface area contributed by atoms with Crippen molar-refractivity contribution in [3.8, 4) is 5.75 Å². The largest absolute Gasteiger partial charge is 0.514 e. The molecule has 0 aromatic heterocycles. The van der Waals surface area contributed by atoms with Gasteiger partial charge in [-0.3, -0.25) is 29.3 Å². The van der Waals surface area contributed by atoms with Gasteiger partial charge in [-0.25, -0.2) is 9.59 Å². The van der Waals surface area contributed by atoms with Crippen LogP contribution in [0.25, 0.3) is 0 Å². The topological polar surface area (TPSA) is 247 Å². The second-order valence-electron chi connectivity index (χ2n) is 10.8. The fourth-order valence-corrected chi connectivity index (χ4v) is 4.14. The number of non-ortho nitro benzene ring substituents is 1. The van der Waals surface area contributed by atoms with Crippen LogP contribution >= 0.6 is 0 Å². The molecule has 17 heteroatoms. The maximum Gasteiger partial charge on any atom is 0.514 e. The van der Waals surface area contributed by atoms with E-state index < -0.39 is 52.9 Å². The number of carbonyl (C=O) groups excluding carboxylic acids is 6. The molecule has 17 nitrogen and oxygen atoms in total. The zero-order chi connectivity index (χ0) is 35.6. The van der Waals surface area contributed by atoms with Crippen LogP contribution in [0, 0.1) is 16.0 Å². The number of nitrogens with zero attached hydrogens (tertiary/aromatic N) is 1. The standard InChI is InChI=1S/C31H40N6O11/c1-19(2)27(36-25(38)7-4-8-26(39)46-3)29(41)35-24(6-5-17-33-30(32)42)28(40)34-21-11-9-20(10-12-21)18-47-31(43)48-23-15-13-22(14-16-23)37(44)45/h9-16,19,24,27H,4-8,17-18H2,1-3H3,(H,34,40)(H,35,41)(H,36,38)(H3,32,33,42)/t24-,27?/m0/s1. The van der Waals surface area contributed by atoms with Gasteiger partial charge in [0.25, 0.3) is 5.69 Å². The van der Waals surface area contributed by atoms with Crippen molar-refractivity contribution in [2.75, 3.05) is 19.0 Å². The van der Waals surface area contributed by atoms with Crippen LogP contribution in [0.3, 0.4) is 0 Å². The highest BCUT2D eigenvalue weighted by Crippen LogP contribution is 2.18. The Morgan fingerprint density at radius 2 is 1.56 bits per heavy atom. The van der Waals surface area contributed by atoms with Gasteiger partial charge in [-0.15, -0.1) is 0 Å².